The Kier molecular flexibility index (Phi) is 2.88. The minimum atomic E-state index is -0.168. The maximum Gasteiger partial charge on any atom is 0.0722 e. The summed E-state index contributed by atoms with van der Waals surface area (Å²) in [5.74, 6) is 0. The Morgan fingerprint density at radius 2 is 1.42 bits per heavy atom. The van der Waals surface area contributed by atoms with Gasteiger partial charge < -0.3 is 0 Å². The summed E-state index contributed by atoms with van der Waals surface area (Å²) in [7, 11) is 0. The lowest BCUT2D eigenvalue weighted by atomic mass is 9.69. The van der Waals surface area contributed by atoms with Gasteiger partial charge in [0.25, 0.3) is 0 Å². The molecule has 0 N–H and O–H groups in total. The normalized spacial score (nSPS) is 17.9. The van der Waals surface area contributed by atoms with Gasteiger partial charge in [-0.1, -0.05) is 82.7 Å². The van der Waals surface area contributed by atoms with Gasteiger partial charge in [0, 0.05) is 4.47 Å². The van der Waals surface area contributed by atoms with Crippen LogP contribution in [0.2, 0.25) is 0 Å². The van der Waals surface area contributed by atoms with Crippen LogP contribution in [0.3, 0.4) is 0 Å². The van der Waals surface area contributed by atoms with E-state index in [1.165, 1.54) is 44.5 Å². The molecule has 6 rings (SSSR count). The molecular weight excluding hydrogens is 380 g/mol. The molecule has 0 unspecified atom stereocenters. The molecule has 0 heterocycles. The molecule has 0 amide bonds. The summed E-state index contributed by atoms with van der Waals surface area (Å²) >= 11 is 3.74. The van der Waals surface area contributed by atoms with Crippen molar-refractivity contribution < 1.29 is 0 Å². The van der Waals surface area contributed by atoms with Crippen LogP contribution in [0.1, 0.15) is 35.1 Å². The molecule has 1 spiro atoms. The fraction of sp³-hybridized carbons (Fsp3) is 0.120. The molecule has 3 aliphatic carbocycles. The molecule has 124 valence electrons. The quantitative estimate of drug-likeness (QED) is 0.388. The van der Waals surface area contributed by atoms with Gasteiger partial charge in [-0.3, -0.25) is 0 Å². The van der Waals surface area contributed by atoms with Crippen molar-refractivity contribution in [1.29, 1.82) is 0 Å². The molecule has 3 aliphatic rings. The van der Waals surface area contributed by atoms with Crippen LogP contribution in [-0.4, -0.2) is 0 Å². The average molecular weight is 397 g/mol. The second kappa shape index (κ2) is 5.08. The minimum absolute atomic E-state index is 0.168. The highest BCUT2D eigenvalue weighted by atomic mass is 79.9. The van der Waals surface area contributed by atoms with E-state index in [9.17, 15) is 0 Å². The third-order valence-electron chi connectivity index (χ3n) is 6.24. The van der Waals surface area contributed by atoms with Gasteiger partial charge in [-0.2, -0.15) is 0 Å². The third kappa shape index (κ3) is 1.61. The second-order valence-electron chi connectivity index (χ2n) is 7.36. The fourth-order valence-electron chi connectivity index (χ4n) is 5.35. The SMILES string of the molecule is Brc1ccc2c(c1)C1(C3=C2CCC=C3)c2ccccc2-c2ccccc21. The van der Waals surface area contributed by atoms with Crippen molar-refractivity contribution in [2.45, 2.75) is 18.3 Å². The van der Waals surface area contributed by atoms with E-state index in [2.05, 4.69) is 94.8 Å². The number of allylic oxidation sites excluding steroid dienone is 4. The lowest BCUT2D eigenvalue weighted by Gasteiger charge is -2.32. The van der Waals surface area contributed by atoms with Crippen LogP contribution in [0.5, 0.6) is 0 Å². The van der Waals surface area contributed by atoms with Crippen molar-refractivity contribution in [2.24, 2.45) is 0 Å². The Labute approximate surface area is 162 Å². The van der Waals surface area contributed by atoms with Crippen molar-refractivity contribution in [3.63, 3.8) is 0 Å². The molecule has 0 saturated carbocycles. The number of rotatable bonds is 0. The van der Waals surface area contributed by atoms with E-state index < -0.39 is 0 Å². The fourth-order valence-corrected chi connectivity index (χ4v) is 5.71. The highest BCUT2D eigenvalue weighted by molar-refractivity contribution is 9.10. The summed E-state index contributed by atoms with van der Waals surface area (Å²) in [5.41, 5.74) is 11.3. The van der Waals surface area contributed by atoms with Crippen LogP contribution in [0.25, 0.3) is 16.7 Å². The Balaban J connectivity index is 1.84. The van der Waals surface area contributed by atoms with E-state index in [0.717, 1.165) is 17.3 Å². The molecule has 0 nitrogen and oxygen atoms in total. The number of hydrogen-bond acceptors (Lipinski definition) is 0. The van der Waals surface area contributed by atoms with Crippen LogP contribution >= 0.6 is 15.9 Å². The van der Waals surface area contributed by atoms with Gasteiger partial charge in [0.05, 0.1) is 5.41 Å². The van der Waals surface area contributed by atoms with E-state index in [-0.39, 0.29) is 5.41 Å². The summed E-state index contributed by atoms with van der Waals surface area (Å²) in [6.45, 7) is 0. The van der Waals surface area contributed by atoms with Crippen molar-refractivity contribution >= 4 is 21.5 Å². The number of benzene rings is 3. The van der Waals surface area contributed by atoms with Gasteiger partial charge in [-0.25, -0.2) is 0 Å². The molecule has 0 bridgehead atoms. The molecule has 3 aromatic rings. The van der Waals surface area contributed by atoms with E-state index in [1.54, 1.807) is 0 Å². The predicted octanol–water partition coefficient (Wildman–Crippen LogP) is 6.88. The molecule has 0 aromatic heterocycles. The van der Waals surface area contributed by atoms with Crippen molar-refractivity contribution in [2.75, 3.05) is 0 Å². The van der Waals surface area contributed by atoms with Crippen LogP contribution < -0.4 is 0 Å². The molecule has 0 saturated heterocycles. The summed E-state index contributed by atoms with van der Waals surface area (Å²) < 4.78 is 1.15. The summed E-state index contributed by atoms with van der Waals surface area (Å²) in [5, 5.41) is 0. The average Bonchev–Trinajstić information content (AvgIpc) is 3.15. The highest BCUT2D eigenvalue weighted by Crippen LogP contribution is 2.63. The maximum atomic E-state index is 3.74. The topological polar surface area (TPSA) is 0 Å². The van der Waals surface area contributed by atoms with E-state index in [1.807, 2.05) is 0 Å². The zero-order valence-electron chi connectivity index (χ0n) is 14.3. The molecular formula is C25H17Br. The molecule has 0 atom stereocenters. The molecule has 0 aliphatic heterocycles. The van der Waals surface area contributed by atoms with E-state index in [0.29, 0.717) is 0 Å². The van der Waals surface area contributed by atoms with E-state index >= 15 is 0 Å². The summed E-state index contributed by atoms with van der Waals surface area (Å²) in [4.78, 5) is 0. The molecule has 3 aromatic carbocycles. The number of halogens is 1. The lowest BCUT2D eigenvalue weighted by molar-refractivity contribution is 0.780. The first-order chi connectivity index (χ1) is 12.8. The first kappa shape index (κ1) is 14.8. The molecule has 26 heavy (non-hydrogen) atoms. The van der Waals surface area contributed by atoms with Crippen LogP contribution in [0.4, 0.5) is 0 Å². The monoisotopic (exact) mass is 396 g/mol. The second-order valence-corrected chi connectivity index (χ2v) is 8.28. The van der Waals surface area contributed by atoms with Gasteiger partial charge in [0.1, 0.15) is 0 Å². The third-order valence-corrected chi connectivity index (χ3v) is 6.73. The summed E-state index contributed by atoms with van der Waals surface area (Å²) in [6, 6.07) is 24.8. The van der Waals surface area contributed by atoms with Gasteiger partial charge >= 0.3 is 0 Å². The van der Waals surface area contributed by atoms with Gasteiger partial charge in [-0.15, -0.1) is 0 Å². The Hall–Kier alpha value is -2.38. The van der Waals surface area contributed by atoms with Gasteiger partial charge in [-0.05, 0) is 69.5 Å². The standard InChI is InChI=1S/C25H17Br/c26-16-13-14-20-19-9-3-6-12-23(19)25(24(20)15-16)21-10-4-1-7-17(21)18-8-2-5-11-22(18)25/h1-2,4-8,10-15H,3,9H2. The van der Waals surface area contributed by atoms with E-state index in [4.69, 9.17) is 0 Å². The van der Waals surface area contributed by atoms with Crippen LogP contribution in [0.15, 0.2) is 88.9 Å². The predicted molar refractivity (Wildman–Crippen MR) is 111 cm³/mol. The Bertz CT molecular complexity index is 1100. The molecule has 0 fully saturated rings. The van der Waals surface area contributed by atoms with Crippen molar-refractivity contribution in [3.8, 4) is 11.1 Å². The zero-order valence-corrected chi connectivity index (χ0v) is 15.9. The van der Waals surface area contributed by atoms with Gasteiger partial charge in [0.15, 0.2) is 0 Å². The first-order valence-corrected chi connectivity index (χ1v) is 10.0. The number of hydrogen-bond donors (Lipinski definition) is 0. The van der Waals surface area contributed by atoms with Crippen molar-refractivity contribution in [3.05, 3.63) is 111 Å². The lowest BCUT2D eigenvalue weighted by Crippen LogP contribution is -2.27. The first-order valence-electron chi connectivity index (χ1n) is 9.22. The highest BCUT2D eigenvalue weighted by Gasteiger charge is 2.52. The minimum Gasteiger partial charge on any atom is -0.0839 e. The zero-order chi connectivity index (χ0) is 17.3. The largest absolute Gasteiger partial charge is 0.0839 e. The Morgan fingerprint density at radius 1 is 0.731 bits per heavy atom. The molecule has 1 heteroatoms. The van der Waals surface area contributed by atoms with Crippen LogP contribution in [0, 0.1) is 0 Å². The van der Waals surface area contributed by atoms with Gasteiger partial charge in [0.2, 0.25) is 0 Å². The summed E-state index contributed by atoms with van der Waals surface area (Å²) in [6.07, 6.45) is 7.01. The van der Waals surface area contributed by atoms with Crippen molar-refractivity contribution in [1.82, 2.24) is 0 Å². The van der Waals surface area contributed by atoms with Crippen LogP contribution in [-0.2, 0) is 5.41 Å². The number of fused-ring (bicyclic) bond motifs is 9. The smallest absolute Gasteiger partial charge is 0.0722 e. The maximum absolute atomic E-state index is 3.74. The Morgan fingerprint density at radius 3 is 2.15 bits per heavy atom. The molecule has 0 radical (unpaired) electrons.